The summed E-state index contributed by atoms with van der Waals surface area (Å²) in [5.74, 6) is -0.180. The molecule has 4 N–H and O–H groups in total. The van der Waals surface area contributed by atoms with Gasteiger partial charge in [-0.05, 0) is 24.6 Å². The average molecular weight is 230 g/mol. The highest BCUT2D eigenvalue weighted by molar-refractivity contribution is 5.99. The van der Waals surface area contributed by atoms with Gasteiger partial charge >= 0.3 is 0 Å². The smallest absolute Gasteiger partial charge is 0.253 e. The molecule has 0 fully saturated rings. The van der Waals surface area contributed by atoms with Crippen LogP contribution in [0.2, 0.25) is 0 Å². The third-order valence-electron chi connectivity index (χ3n) is 2.57. The van der Waals surface area contributed by atoms with Crippen molar-refractivity contribution in [2.75, 3.05) is 5.73 Å². The number of hydrogen-bond donors (Lipinski definition) is 3. The number of rotatable bonds is 3. The van der Waals surface area contributed by atoms with Crippen LogP contribution < -0.4 is 11.1 Å². The molecule has 1 aromatic carbocycles. The molecule has 0 atom stereocenters. The van der Waals surface area contributed by atoms with Gasteiger partial charge in [-0.1, -0.05) is 12.1 Å². The Balaban J connectivity index is 2.07. The van der Waals surface area contributed by atoms with E-state index in [-0.39, 0.29) is 5.91 Å². The zero-order chi connectivity index (χ0) is 12.3. The molecule has 0 unspecified atom stereocenters. The Kier molecular flexibility index (Phi) is 3.09. The van der Waals surface area contributed by atoms with E-state index in [1.807, 2.05) is 19.1 Å². The van der Waals surface area contributed by atoms with Gasteiger partial charge in [0.25, 0.3) is 5.91 Å². The van der Waals surface area contributed by atoms with Crippen molar-refractivity contribution in [1.82, 2.24) is 15.5 Å². The van der Waals surface area contributed by atoms with Gasteiger partial charge < -0.3 is 11.1 Å². The van der Waals surface area contributed by atoms with Crippen molar-refractivity contribution in [3.05, 3.63) is 47.3 Å². The topological polar surface area (TPSA) is 83.8 Å². The van der Waals surface area contributed by atoms with Crippen LogP contribution in [0.3, 0.4) is 0 Å². The number of nitrogens with zero attached hydrogens (tertiary/aromatic N) is 1. The molecule has 1 amide bonds. The number of amides is 1. The van der Waals surface area contributed by atoms with Crippen LogP contribution in [0, 0.1) is 6.92 Å². The Labute approximate surface area is 99.0 Å². The summed E-state index contributed by atoms with van der Waals surface area (Å²) in [4.78, 5) is 11.9. The molecular weight excluding hydrogens is 216 g/mol. The Morgan fingerprint density at radius 2 is 2.29 bits per heavy atom. The highest BCUT2D eigenvalue weighted by Gasteiger charge is 2.10. The minimum absolute atomic E-state index is 0.180. The van der Waals surface area contributed by atoms with Crippen LogP contribution in [0.4, 0.5) is 5.69 Å². The molecular formula is C12H14N4O. The van der Waals surface area contributed by atoms with E-state index in [0.29, 0.717) is 17.8 Å². The number of nitrogen functional groups attached to an aromatic ring is 1. The summed E-state index contributed by atoms with van der Waals surface area (Å²) in [6, 6.07) is 7.21. The van der Waals surface area contributed by atoms with E-state index < -0.39 is 0 Å². The molecule has 0 saturated carbocycles. The summed E-state index contributed by atoms with van der Waals surface area (Å²) < 4.78 is 0. The molecule has 1 heterocycles. The van der Waals surface area contributed by atoms with E-state index in [1.165, 1.54) is 0 Å². The minimum atomic E-state index is -0.180. The van der Waals surface area contributed by atoms with Crippen molar-refractivity contribution >= 4 is 11.6 Å². The molecule has 1 aromatic heterocycles. The first kappa shape index (κ1) is 11.2. The van der Waals surface area contributed by atoms with Gasteiger partial charge in [0.2, 0.25) is 0 Å². The Bertz CT molecular complexity index is 519. The zero-order valence-corrected chi connectivity index (χ0v) is 9.53. The quantitative estimate of drug-likeness (QED) is 0.693. The number of aromatic nitrogens is 2. The van der Waals surface area contributed by atoms with Gasteiger partial charge in [-0.25, -0.2) is 0 Å². The van der Waals surface area contributed by atoms with Crippen molar-refractivity contribution in [3.8, 4) is 0 Å². The molecule has 88 valence electrons. The van der Waals surface area contributed by atoms with Crippen LogP contribution in [0.15, 0.2) is 30.5 Å². The summed E-state index contributed by atoms with van der Waals surface area (Å²) in [5, 5.41) is 9.36. The van der Waals surface area contributed by atoms with Gasteiger partial charge in [0.15, 0.2) is 0 Å². The summed E-state index contributed by atoms with van der Waals surface area (Å²) in [7, 11) is 0. The second-order valence-corrected chi connectivity index (χ2v) is 3.80. The SMILES string of the molecule is Cc1cccc(C(=O)NCc2ccn[nH]2)c1N. The Morgan fingerprint density at radius 3 is 3.00 bits per heavy atom. The first-order valence-corrected chi connectivity index (χ1v) is 5.30. The number of benzene rings is 1. The van der Waals surface area contributed by atoms with Crippen LogP contribution in [0.5, 0.6) is 0 Å². The Morgan fingerprint density at radius 1 is 1.47 bits per heavy atom. The average Bonchev–Trinajstić information content (AvgIpc) is 2.82. The van der Waals surface area contributed by atoms with Gasteiger partial charge in [-0.2, -0.15) is 5.10 Å². The lowest BCUT2D eigenvalue weighted by molar-refractivity contribution is 0.0951. The zero-order valence-electron chi connectivity index (χ0n) is 9.53. The summed E-state index contributed by atoms with van der Waals surface area (Å²) >= 11 is 0. The third kappa shape index (κ3) is 2.44. The fourth-order valence-corrected chi connectivity index (χ4v) is 1.53. The van der Waals surface area contributed by atoms with Crippen LogP contribution in [0.25, 0.3) is 0 Å². The molecule has 0 aliphatic heterocycles. The van der Waals surface area contributed by atoms with Crippen molar-refractivity contribution in [1.29, 1.82) is 0 Å². The monoisotopic (exact) mass is 230 g/mol. The number of nitrogens with one attached hydrogen (secondary N) is 2. The molecule has 5 heteroatoms. The van der Waals surface area contributed by atoms with E-state index in [4.69, 9.17) is 5.73 Å². The molecule has 0 aliphatic carbocycles. The number of hydrogen-bond acceptors (Lipinski definition) is 3. The standard InChI is InChI=1S/C12H14N4O/c1-8-3-2-4-10(11(8)13)12(17)14-7-9-5-6-15-16-9/h2-6H,7,13H2,1H3,(H,14,17)(H,15,16). The lowest BCUT2D eigenvalue weighted by Gasteiger charge is -2.08. The third-order valence-corrected chi connectivity index (χ3v) is 2.57. The number of para-hydroxylation sites is 1. The van der Waals surface area contributed by atoms with Crippen molar-refractivity contribution in [3.63, 3.8) is 0 Å². The largest absolute Gasteiger partial charge is 0.398 e. The normalized spacial score (nSPS) is 10.2. The number of aromatic amines is 1. The van der Waals surface area contributed by atoms with Crippen LogP contribution in [0.1, 0.15) is 21.6 Å². The van der Waals surface area contributed by atoms with Crippen molar-refractivity contribution in [2.24, 2.45) is 0 Å². The molecule has 0 radical (unpaired) electrons. The van der Waals surface area contributed by atoms with Gasteiger partial charge in [0.1, 0.15) is 0 Å². The Hall–Kier alpha value is -2.30. The van der Waals surface area contributed by atoms with Crippen LogP contribution in [-0.4, -0.2) is 16.1 Å². The summed E-state index contributed by atoms with van der Waals surface area (Å²) in [6.45, 7) is 2.28. The molecule has 17 heavy (non-hydrogen) atoms. The maximum absolute atomic E-state index is 11.9. The first-order chi connectivity index (χ1) is 8.18. The fourth-order valence-electron chi connectivity index (χ4n) is 1.53. The number of aryl methyl sites for hydroxylation is 1. The summed E-state index contributed by atoms with van der Waals surface area (Å²) in [5.41, 5.74) is 8.63. The molecule has 2 rings (SSSR count). The van der Waals surface area contributed by atoms with E-state index in [2.05, 4.69) is 15.5 Å². The lowest BCUT2D eigenvalue weighted by Crippen LogP contribution is -2.24. The van der Waals surface area contributed by atoms with E-state index in [1.54, 1.807) is 18.3 Å². The minimum Gasteiger partial charge on any atom is -0.398 e. The van der Waals surface area contributed by atoms with Gasteiger partial charge in [-0.15, -0.1) is 0 Å². The highest BCUT2D eigenvalue weighted by atomic mass is 16.1. The van der Waals surface area contributed by atoms with E-state index >= 15 is 0 Å². The number of anilines is 1. The number of nitrogens with two attached hydrogens (primary N) is 1. The fraction of sp³-hybridized carbons (Fsp3) is 0.167. The van der Waals surface area contributed by atoms with Gasteiger partial charge in [0.05, 0.1) is 17.8 Å². The highest BCUT2D eigenvalue weighted by Crippen LogP contribution is 2.16. The second kappa shape index (κ2) is 4.69. The van der Waals surface area contributed by atoms with Crippen LogP contribution in [-0.2, 0) is 6.54 Å². The van der Waals surface area contributed by atoms with E-state index in [0.717, 1.165) is 11.3 Å². The van der Waals surface area contributed by atoms with Crippen molar-refractivity contribution in [2.45, 2.75) is 13.5 Å². The molecule has 0 bridgehead atoms. The van der Waals surface area contributed by atoms with Crippen LogP contribution >= 0.6 is 0 Å². The summed E-state index contributed by atoms with van der Waals surface area (Å²) in [6.07, 6.45) is 1.64. The van der Waals surface area contributed by atoms with Gasteiger partial charge in [0, 0.05) is 11.9 Å². The molecule has 5 nitrogen and oxygen atoms in total. The van der Waals surface area contributed by atoms with Gasteiger partial charge in [-0.3, -0.25) is 9.89 Å². The molecule has 0 aliphatic rings. The van der Waals surface area contributed by atoms with E-state index in [9.17, 15) is 4.79 Å². The molecule has 0 saturated heterocycles. The first-order valence-electron chi connectivity index (χ1n) is 5.30. The molecule has 2 aromatic rings. The maximum Gasteiger partial charge on any atom is 0.253 e. The predicted molar refractivity (Wildman–Crippen MR) is 65.3 cm³/mol. The second-order valence-electron chi connectivity index (χ2n) is 3.80. The number of H-pyrrole nitrogens is 1. The molecule has 0 spiro atoms. The van der Waals surface area contributed by atoms with Crippen molar-refractivity contribution < 1.29 is 4.79 Å². The lowest BCUT2D eigenvalue weighted by atomic mass is 10.1. The maximum atomic E-state index is 11.9. The predicted octanol–water partition coefficient (Wildman–Crippen LogP) is 1.23. The number of carbonyl (C=O) groups is 1. The number of carbonyl (C=O) groups excluding carboxylic acids is 1.